The molecule has 2 aromatic heterocycles. The highest BCUT2D eigenvalue weighted by Gasteiger charge is 2.19. The van der Waals surface area contributed by atoms with Crippen LogP contribution in [0, 0.1) is 0 Å². The van der Waals surface area contributed by atoms with Crippen molar-refractivity contribution in [3.63, 3.8) is 0 Å². The van der Waals surface area contributed by atoms with E-state index in [9.17, 15) is 0 Å². The maximum absolute atomic E-state index is 5.98. The van der Waals surface area contributed by atoms with E-state index in [1.54, 1.807) is 6.20 Å². The van der Waals surface area contributed by atoms with E-state index in [2.05, 4.69) is 41.4 Å². The van der Waals surface area contributed by atoms with Gasteiger partial charge >= 0.3 is 0 Å². The Balaban J connectivity index is 2.28. The van der Waals surface area contributed by atoms with Crippen molar-refractivity contribution in [3.05, 3.63) is 29.7 Å². The van der Waals surface area contributed by atoms with Gasteiger partial charge in [0.1, 0.15) is 5.52 Å². The molecule has 0 saturated carbocycles. The summed E-state index contributed by atoms with van der Waals surface area (Å²) in [5, 5.41) is 6.87. The van der Waals surface area contributed by atoms with Crippen molar-refractivity contribution in [2.45, 2.75) is 26.3 Å². The quantitative estimate of drug-likeness (QED) is 0.704. The van der Waals surface area contributed by atoms with Crippen LogP contribution in [-0.2, 0) is 7.05 Å². The monoisotopic (exact) mass is 344 g/mol. The number of aryl methyl sites for hydroxylation is 1. The second kappa shape index (κ2) is 5.94. The Hall–Kier alpha value is -2.34. The van der Waals surface area contributed by atoms with Crippen LogP contribution in [0.2, 0.25) is 5.28 Å². The standard InChI is InChI=1S/C17H21ClN6/c1-17(2,3)23-16-22-14-12(24(16)5)7-6-10(19-4)13(14)11-8-9-20-15(18)21-11/h6-9,19H,1-5H3,(H,22,23). The summed E-state index contributed by atoms with van der Waals surface area (Å²) in [5.74, 6) is 0.812. The van der Waals surface area contributed by atoms with Crippen LogP contribution in [0.25, 0.3) is 22.3 Å². The molecule has 3 aromatic rings. The summed E-state index contributed by atoms with van der Waals surface area (Å²) in [6.07, 6.45) is 1.65. The largest absolute Gasteiger partial charge is 0.388 e. The van der Waals surface area contributed by atoms with E-state index in [0.29, 0.717) is 0 Å². The Morgan fingerprint density at radius 2 is 1.88 bits per heavy atom. The van der Waals surface area contributed by atoms with E-state index in [1.807, 2.05) is 36.9 Å². The summed E-state index contributed by atoms with van der Waals surface area (Å²) >= 11 is 5.98. The molecule has 0 radical (unpaired) electrons. The van der Waals surface area contributed by atoms with Gasteiger partial charge in [-0.2, -0.15) is 0 Å². The molecule has 3 rings (SSSR count). The Labute approximate surface area is 146 Å². The number of aromatic nitrogens is 4. The number of hydrogen-bond acceptors (Lipinski definition) is 5. The minimum absolute atomic E-state index is 0.0840. The Morgan fingerprint density at radius 3 is 2.50 bits per heavy atom. The maximum Gasteiger partial charge on any atom is 0.222 e. The van der Waals surface area contributed by atoms with E-state index >= 15 is 0 Å². The van der Waals surface area contributed by atoms with Gasteiger partial charge in [-0.3, -0.25) is 0 Å². The molecule has 0 unspecified atom stereocenters. The molecule has 2 heterocycles. The van der Waals surface area contributed by atoms with Crippen molar-refractivity contribution in [1.29, 1.82) is 0 Å². The number of anilines is 2. The van der Waals surface area contributed by atoms with Gasteiger partial charge in [0.25, 0.3) is 0 Å². The number of nitrogens with one attached hydrogen (secondary N) is 2. The fraction of sp³-hybridized carbons (Fsp3) is 0.353. The molecule has 0 aliphatic carbocycles. The first-order chi connectivity index (χ1) is 11.3. The lowest BCUT2D eigenvalue weighted by atomic mass is 10.1. The number of rotatable bonds is 3. The fourth-order valence-electron chi connectivity index (χ4n) is 2.65. The second-order valence-corrected chi connectivity index (χ2v) is 7.02. The van der Waals surface area contributed by atoms with E-state index in [4.69, 9.17) is 16.6 Å². The second-order valence-electron chi connectivity index (χ2n) is 6.69. The van der Waals surface area contributed by atoms with Crippen LogP contribution in [0.5, 0.6) is 0 Å². The van der Waals surface area contributed by atoms with Gasteiger partial charge in [-0.25, -0.2) is 15.0 Å². The summed E-state index contributed by atoms with van der Waals surface area (Å²) in [6, 6.07) is 5.91. The van der Waals surface area contributed by atoms with Crippen molar-refractivity contribution >= 4 is 34.3 Å². The summed E-state index contributed by atoms with van der Waals surface area (Å²) in [5.41, 5.74) is 4.40. The number of halogens is 1. The van der Waals surface area contributed by atoms with Crippen LogP contribution in [-0.4, -0.2) is 32.1 Å². The third-order valence-electron chi connectivity index (χ3n) is 3.69. The molecule has 0 bridgehead atoms. The topological polar surface area (TPSA) is 67.7 Å². The van der Waals surface area contributed by atoms with Crippen molar-refractivity contribution in [2.75, 3.05) is 17.7 Å². The molecule has 1 aromatic carbocycles. The van der Waals surface area contributed by atoms with Crippen LogP contribution >= 0.6 is 11.6 Å². The van der Waals surface area contributed by atoms with Crippen LogP contribution < -0.4 is 10.6 Å². The van der Waals surface area contributed by atoms with Crippen molar-refractivity contribution < 1.29 is 0 Å². The van der Waals surface area contributed by atoms with E-state index in [0.717, 1.165) is 33.9 Å². The van der Waals surface area contributed by atoms with Crippen molar-refractivity contribution in [2.24, 2.45) is 7.05 Å². The molecule has 6 nitrogen and oxygen atoms in total. The molecule has 0 atom stereocenters. The Kier molecular flexibility index (Phi) is 4.09. The zero-order chi connectivity index (χ0) is 17.5. The summed E-state index contributed by atoms with van der Waals surface area (Å²) in [4.78, 5) is 13.1. The third kappa shape index (κ3) is 3.01. The number of fused-ring (bicyclic) bond motifs is 1. The molecule has 0 aliphatic rings. The minimum Gasteiger partial charge on any atom is -0.388 e. The van der Waals surface area contributed by atoms with E-state index in [1.165, 1.54) is 0 Å². The lowest BCUT2D eigenvalue weighted by molar-refractivity contribution is 0.621. The first-order valence-corrected chi connectivity index (χ1v) is 8.12. The zero-order valence-electron chi connectivity index (χ0n) is 14.5. The van der Waals surface area contributed by atoms with Gasteiger partial charge in [0.15, 0.2) is 0 Å². The molecule has 126 valence electrons. The Bertz CT molecular complexity index is 894. The molecule has 7 heteroatoms. The fourth-order valence-corrected chi connectivity index (χ4v) is 2.80. The number of imidazole rings is 1. The lowest BCUT2D eigenvalue weighted by Crippen LogP contribution is -2.27. The average Bonchev–Trinajstić information content (AvgIpc) is 2.81. The van der Waals surface area contributed by atoms with Crippen LogP contribution in [0.15, 0.2) is 24.4 Å². The van der Waals surface area contributed by atoms with Gasteiger partial charge in [-0.15, -0.1) is 0 Å². The SMILES string of the molecule is CNc1ccc2c(nc(NC(C)(C)C)n2C)c1-c1ccnc(Cl)n1. The number of benzene rings is 1. The molecule has 0 aliphatic heterocycles. The predicted molar refractivity (Wildman–Crippen MR) is 99.7 cm³/mol. The zero-order valence-corrected chi connectivity index (χ0v) is 15.2. The van der Waals surface area contributed by atoms with Crippen molar-refractivity contribution in [1.82, 2.24) is 19.5 Å². The highest BCUT2D eigenvalue weighted by atomic mass is 35.5. The highest BCUT2D eigenvalue weighted by molar-refractivity contribution is 6.28. The molecule has 0 amide bonds. The van der Waals surface area contributed by atoms with Gasteiger partial charge in [-0.1, -0.05) is 0 Å². The number of nitrogens with zero attached hydrogens (tertiary/aromatic N) is 4. The minimum atomic E-state index is -0.0840. The first-order valence-electron chi connectivity index (χ1n) is 7.74. The molecular weight excluding hydrogens is 324 g/mol. The predicted octanol–water partition coefficient (Wildman–Crippen LogP) is 3.94. The summed E-state index contributed by atoms with van der Waals surface area (Å²) in [6.45, 7) is 6.32. The van der Waals surface area contributed by atoms with Crippen LogP contribution in [0.1, 0.15) is 20.8 Å². The average molecular weight is 345 g/mol. The molecule has 24 heavy (non-hydrogen) atoms. The summed E-state index contributed by atoms with van der Waals surface area (Å²) < 4.78 is 2.05. The molecule has 0 saturated heterocycles. The third-order valence-corrected chi connectivity index (χ3v) is 3.87. The van der Waals surface area contributed by atoms with Crippen LogP contribution in [0.3, 0.4) is 0 Å². The smallest absolute Gasteiger partial charge is 0.222 e. The van der Waals surface area contributed by atoms with Gasteiger partial charge in [0, 0.05) is 31.5 Å². The van der Waals surface area contributed by atoms with Gasteiger partial charge in [-0.05, 0) is 50.6 Å². The van der Waals surface area contributed by atoms with Crippen LogP contribution in [0.4, 0.5) is 11.6 Å². The lowest BCUT2D eigenvalue weighted by Gasteiger charge is -2.21. The van der Waals surface area contributed by atoms with Gasteiger partial charge in [0.05, 0.1) is 16.8 Å². The molecule has 0 fully saturated rings. The molecule has 0 spiro atoms. The molecular formula is C17H21ClN6. The highest BCUT2D eigenvalue weighted by Crippen LogP contribution is 2.35. The van der Waals surface area contributed by atoms with E-state index < -0.39 is 0 Å². The Morgan fingerprint density at radius 1 is 1.12 bits per heavy atom. The van der Waals surface area contributed by atoms with Gasteiger partial charge < -0.3 is 15.2 Å². The first kappa shape index (κ1) is 16.5. The molecule has 2 N–H and O–H groups in total. The van der Waals surface area contributed by atoms with Gasteiger partial charge in [0.2, 0.25) is 11.2 Å². The number of hydrogen-bond donors (Lipinski definition) is 2. The maximum atomic E-state index is 5.98. The van der Waals surface area contributed by atoms with E-state index in [-0.39, 0.29) is 10.8 Å². The summed E-state index contributed by atoms with van der Waals surface area (Å²) in [7, 11) is 3.88. The van der Waals surface area contributed by atoms with Crippen molar-refractivity contribution in [3.8, 4) is 11.3 Å². The normalized spacial score (nSPS) is 11.8.